The summed E-state index contributed by atoms with van der Waals surface area (Å²) in [6.07, 6.45) is 5.09. The number of aryl methyl sites for hydroxylation is 1. The van der Waals surface area contributed by atoms with Crippen molar-refractivity contribution < 1.29 is 4.39 Å². The Balaban J connectivity index is 2.19. The molecule has 20 heavy (non-hydrogen) atoms. The van der Waals surface area contributed by atoms with E-state index in [0.29, 0.717) is 0 Å². The van der Waals surface area contributed by atoms with Crippen molar-refractivity contribution in [2.45, 2.75) is 39.2 Å². The molecule has 2 rings (SSSR count). The summed E-state index contributed by atoms with van der Waals surface area (Å²) in [5.41, 5.74) is 3.14. The van der Waals surface area contributed by atoms with Gasteiger partial charge in [-0.2, -0.15) is 0 Å². The maximum Gasteiger partial charge on any atom is 0.123 e. The fourth-order valence-corrected chi connectivity index (χ4v) is 2.25. The van der Waals surface area contributed by atoms with Gasteiger partial charge in [0, 0.05) is 6.20 Å². The first-order valence-electron chi connectivity index (χ1n) is 7.14. The van der Waals surface area contributed by atoms with E-state index in [4.69, 9.17) is 0 Å². The van der Waals surface area contributed by atoms with Crippen LogP contribution in [0.3, 0.4) is 0 Å². The summed E-state index contributed by atoms with van der Waals surface area (Å²) in [5.74, 6) is -0.194. The highest BCUT2D eigenvalue weighted by Crippen LogP contribution is 2.25. The monoisotopic (exact) mass is 272 g/mol. The van der Waals surface area contributed by atoms with Gasteiger partial charge in [-0.1, -0.05) is 31.9 Å². The van der Waals surface area contributed by atoms with Crippen molar-refractivity contribution in [1.82, 2.24) is 4.98 Å². The third-order valence-electron chi connectivity index (χ3n) is 3.46. The van der Waals surface area contributed by atoms with Crippen molar-refractivity contribution >= 4 is 5.69 Å². The molecule has 1 N–H and O–H groups in total. The van der Waals surface area contributed by atoms with Gasteiger partial charge < -0.3 is 5.32 Å². The smallest absolute Gasteiger partial charge is 0.123 e. The Morgan fingerprint density at radius 1 is 1.20 bits per heavy atom. The fourth-order valence-electron chi connectivity index (χ4n) is 2.25. The molecule has 1 atom stereocenters. The fraction of sp³-hybridized carbons (Fsp3) is 0.353. The van der Waals surface area contributed by atoms with E-state index in [0.717, 1.165) is 36.2 Å². The minimum atomic E-state index is -0.194. The van der Waals surface area contributed by atoms with Crippen LogP contribution in [0.25, 0.3) is 0 Å². The number of halogens is 1. The van der Waals surface area contributed by atoms with Crippen molar-refractivity contribution in [3.05, 3.63) is 59.7 Å². The normalized spacial score (nSPS) is 12.2. The number of unbranched alkanes of at least 4 members (excludes halogenated alkanes) is 1. The maximum atomic E-state index is 13.1. The Labute approximate surface area is 120 Å². The molecule has 106 valence electrons. The molecule has 1 unspecified atom stereocenters. The van der Waals surface area contributed by atoms with Crippen LogP contribution >= 0.6 is 0 Å². The molecule has 0 saturated carbocycles. The van der Waals surface area contributed by atoms with Crippen LogP contribution in [0, 0.1) is 12.7 Å². The summed E-state index contributed by atoms with van der Waals surface area (Å²) in [7, 11) is 0. The topological polar surface area (TPSA) is 24.9 Å². The van der Waals surface area contributed by atoms with Crippen LogP contribution in [-0.4, -0.2) is 4.98 Å². The number of pyridine rings is 1. The minimum Gasteiger partial charge on any atom is -0.377 e. The summed E-state index contributed by atoms with van der Waals surface area (Å²) in [6, 6.07) is 10.9. The highest BCUT2D eigenvalue weighted by Gasteiger charge is 2.12. The molecular weight excluding hydrogens is 251 g/mol. The number of nitrogens with one attached hydrogen (secondary N) is 1. The summed E-state index contributed by atoms with van der Waals surface area (Å²) < 4.78 is 13.1. The number of hydrogen-bond donors (Lipinski definition) is 1. The standard InChI is InChI=1S/C17H21FN2/c1-3-4-6-17(14-8-10-15(18)11-9-14)20-16-7-5-12-19-13(16)2/h5,7-12,17,20H,3-4,6H2,1-2H3. The molecule has 1 aromatic heterocycles. The molecule has 2 nitrogen and oxygen atoms in total. The number of benzene rings is 1. The zero-order chi connectivity index (χ0) is 14.4. The van der Waals surface area contributed by atoms with Gasteiger partial charge >= 0.3 is 0 Å². The van der Waals surface area contributed by atoms with E-state index >= 15 is 0 Å². The second kappa shape index (κ2) is 7.04. The largest absolute Gasteiger partial charge is 0.377 e. The number of anilines is 1. The molecular formula is C17H21FN2. The van der Waals surface area contributed by atoms with Crippen molar-refractivity contribution in [3.8, 4) is 0 Å². The molecule has 0 aliphatic heterocycles. The Hall–Kier alpha value is -1.90. The van der Waals surface area contributed by atoms with Gasteiger partial charge in [-0.25, -0.2) is 4.39 Å². The first kappa shape index (κ1) is 14.5. The molecule has 1 aromatic carbocycles. The lowest BCUT2D eigenvalue weighted by atomic mass is 10.0. The van der Waals surface area contributed by atoms with Crippen LogP contribution in [-0.2, 0) is 0 Å². The van der Waals surface area contributed by atoms with Gasteiger partial charge in [0.2, 0.25) is 0 Å². The summed E-state index contributed by atoms with van der Waals surface area (Å²) in [4.78, 5) is 4.30. The zero-order valence-corrected chi connectivity index (χ0v) is 12.1. The second-order valence-corrected chi connectivity index (χ2v) is 5.03. The highest BCUT2D eigenvalue weighted by atomic mass is 19.1. The molecule has 0 aliphatic carbocycles. The summed E-state index contributed by atoms with van der Waals surface area (Å²) in [5, 5.41) is 3.53. The average Bonchev–Trinajstić information content (AvgIpc) is 2.46. The van der Waals surface area contributed by atoms with E-state index in [1.807, 2.05) is 31.2 Å². The molecule has 0 aliphatic rings. The van der Waals surface area contributed by atoms with Crippen LogP contribution in [0.4, 0.5) is 10.1 Å². The molecule has 0 radical (unpaired) electrons. The van der Waals surface area contributed by atoms with E-state index in [9.17, 15) is 4.39 Å². The van der Waals surface area contributed by atoms with E-state index < -0.39 is 0 Å². The molecule has 0 fully saturated rings. The minimum absolute atomic E-state index is 0.193. The molecule has 3 heteroatoms. The first-order chi connectivity index (χ1) is 9.70. The van der Waals surface area contributed by atoms with Crippen molar-refractivity contribution in [2.75, 3.05) is 5.32 Å². The van der Waals surface area contributed by atoms with Crippen LogP contribution in [0.5, 0.6) is 0 Å². The van der Waals surface area contributed by atoms with Crippen LogP contribution in [0.2, 0.25) is 0 Å². The quantitative estimate of drug-likeness (QED) is 0.811. The molecule has 1 heterocycles. The number of aromatic nitrogens is 1. The lowest BCUT2D eigenvalue weighted by Gasteiger charge is -2.21. The van der Waals surface area contributed by atoms with Gasteiger partial charge in [0.15, 0.2) is 0 Å². The Kier molecular flexibility index (Phi) is 5.10. The lowest BCUT2D eigenvalue weighted by Crippen LogP contribution is -2.12. The third kappa shape index (κ3) is 3.80. The van der Waals surface area contributed by atoms with Crippen LogP contribution < -0.4 is 5.32 Å². The third-order valence-corrected chi connectivity index (χ3v) is 3.46. The predicted octanol–water partition coefficient (Wildman–Crippen LogP) is 4.87. The summed E-state index contributed by atoms with van der Waals surface area (Å²) >= 11 is 0. The average molecular weight is 272 g/mol. The van der Waals surface area contributed by atoms with Gasteiger partial charge in [0.25, 0.3) is 0 Å². The Bertz CT molecular complexity index is 537. The first-order valence-corrected chi connectivity index (χ1v) is 7.14. The van der Waals surface area contributed by atoms with E-state index in [1.54, 1.807) is 6.20 Å². The Morgan fingerprint density at radius 2 is 1.95 bits per heavy atom. The number of nitrogens with zero attached hydrogens (tertiary/aromatic N) is 1. The van der Waals surface area contributed by atoms with Crippen LogP contribution in [0.1, 0.15) is 43.5 Å². The molecule has 0 spiro atoms. The SMILES string of the molecule is CCCCC(Nc1cccnc1C)c1ccc(F)cc1. The van der Waals surface area contributed by atoms with Gasteiger partial charge in [-0.3, -0.25) is 4.98 Å². The van der Waals surface area contributed by atoms with E-state index in [2.05, 4.69) is 17.2 Å². The number of rotatable bonds is 6. The van der Waals surface area contributed by atoms with Crippen molar-refractivity contribution in [3.63, 3.8) is 0 Å². The maximum absolute atomic E-state index is 13.1. The molecule has 0 amide bonds. The highest BCUT2D eigenvalue weighted by molar-refractivity contribution is 5.48. The second-order valence-electron chi connectivity index (χ2n) is 5.03. The zero-order valence-electron chi connectivity index (χ0n) is 12.1. The molecule has 0 bridgehead atoms. The van der Waals surface area contributed by atoms with E-state index in [1.165, 1.54) is 12.1 Å². The lowest BCUT2D eigenvalue weighted by molar-refractivity contribution is 0.616. The van der Waals surface area contributed by atoms with Gasteiger partial charge in [-0.05, 0) is 43.2 Å². The number of hydrogen-bond acceptors (Lipinski definition) is 2. The van der Waals surface area contributed by atoms with Crippen molar-refractivity contribution in [1.29, 1.82) is 0 Å². The van der Waals surface area contributed by atoms with E-state index in [-0.39, 0.29) is 11.9 Å². The predicted molar refractivity (Wildman–Crippen MR) is 81.3 cm³/mol. The summed E-state index contributed by atoms with van der Waals surface area (Å²) in [6.45, 7) is 4.17. The molecule has 0 saturated heterocycles. The van der Waals surface area contributed by atoms with Gasteiger partial charge in [-0.15, -0.1) is 0 Å². The molecule has 2 aromatic rings. The Morgan fingerprint density at radius 3 is 2.60 bits per heavy atom. The van der Waals surface area contributed by atoms with Crippen LogP contribution in [0.15, 0.2) is 42.6 Å². The van der Waals surface area contributed by atoms with Crippen molar-refractivity contribution in [2.24, 2.45) is 0 Å². The van der Waals surface area contributed by atoms with Gasteiger partial charge in [0.05, 0.1) is 17.4 Å². The van der Waals surface area contributed by atoms with Gasteiger partial charge in [0.1, 0.15) is 5.82 Å².